The summed E-state index contributed by atoms with van der Waals surface area (Å²) < 4.78 is 13.1. The van der Waals surface area contributed by atoms with E-state index in [4.69, 9.17) is 9.47 Å². The molecule has 0 saturated carbocycles. The summed E-state index contributed by atoms with van der Waals surface area (Å²) >= 11 is 0. The maximum absolute atomic E-state index is 12.8. The lowest BCUT2D eigenvalue weighted by Gasteiger charge is -2.25. The van der Waals surface area contributed by atoms with Crippen LogP contribution in [0, 0.1) is 5.92 Å². The number of fused-ring (bicyclic) bond motifs is 1. The van der Waals surface area contributed by atoms with Crippen LogP contribution in [0.4, 0.5) is 0 Å². The van der Waals surface area contributed by atoms with Crippen LogP contribution in [0.25, 0.3) is 0 Å². The molecule has 1 fully saturated rings. The molecule has 1 unspecified atom stereocenters. The van der Waals surface area contributed by atoms with E-state index < -0.39 is 0 Å². The third-order valence-corrected chi connectivity index (χ3v) is 5.30. The maximum Gasteiger partial charge on any atom is 0.273 e. The Hall–Kier alpha value is -2.32. The lowest BCUT2D eigenvalue weighted by Crippen LogP contribution is -2.32. The van der Waals surface area contributed by atoms with Gasteiger partial charge in [0.25, 0.3) is 5.91 Å². The van der Waals surface area contributed by atoms with Crippen LogP contribution in [0.3, 0.4) is 0 Å². The van der Waals surface area contributed by atoms with E-state index in [-0.39, 0.29) is 30.3 Å². The first-order chi connectivity index (χ1) is 13.6. The average Bonchev–Trinajstić information content (AvgIpc) is 3.22. The zero-order valence-corrected chi connectivity index (χ0v) is 17.6. The molecule has 2 aliphatic rings. The van der Waals surface area contributed by atoms with Gasteiger partial charge < -0.3 is 20.1 Å². The number of carbonyl (C=O) groups is 1. The van der Waals surface area contributed by atoms with Crippen molar-refractivity contribution in [2.45, 2.75) is 38.8 Å². The van der Waals surface area contributed by atoms with Gasteiger partial charge in [0.15, 0.2) is 17.2 Å². The zero-order chi connectivity index (χ0) is 19.5. The Balaban J connectivity index is 0.00000240. The predicted octanol–water partition coefficient (Wildman–Crippen LogP) is 2.52. The topological polar surface area (TPSA) is 90.3 Å². The fraction of sp³-hybridized carbons (Fsp3) is 0.550. The van der Waals surface area contributed by atoms with E-state index >= 15 is 0 Å². The van der Waals surface area contributed by atoms with E-state index in [1.54, 1.807) is 6.20 Å². The highest BCUT2D eigenvalue weighted by Crippen LogP contribution is 2.34. The standard InChI is InChI=1S/C20H27N5O3.ClH/c1-13(2)19(14-3-4-17-18(11-14)28-10-9-27-17)22-20(26)16-12-25(24-23-16)15-5-7-21-8-6-15;/h3-4,11-13,15,19,21H,5-10H2,1-2H3,(H,22,26);1H. The number of aromatic nitrogens is 3. The number of nitrogens with zero attached hydrogens (tertiary/aromatic N) is 3. The Labute approximate surface area is 176 Å². The molecule has 2 N–H and O–H groups in total. The predicted molar refractivity (Wildman–Crippen MR) is 111 cm³/mol. The maximum atomic E-state index is 12.8. The third-order valence-electron chi connectivity index (χ3n) is 5.30. The van der Waals surface area contributed by atoms with Gasteiger partial charge in [0.2, 0.25) is 0 Å². The van der Waals surface area contributed by atoms with Gasteiger partial charge in [0.1, 0.15) is 13.2 Å². The number of benzene rings is 1. The number of amides is 1. The first-order valence-corrected chi connectivity index (χ1v) is 9.95. The van der Waals surface area contributed by atoms with Crippen LogP contribution in [0.1, 0.15) is 54.8 Å². The highest BCUT2D eigenvalue weighted by atomic mass is 35.5. The fourth-order valence-electron chi connectivity index (χ4n) is 3.73. The van der Waals surface area contributed by atoms with Crippen molar-refractivity contribution in [2.24, 2.45) is 5.92 Å². The highest BCUT2D eigenvalue weighted by Gasteiger charge is 2.24. The van der Waals surface area contributed by atoms with Gasteiger partial charge in [0.05, 0.1) is 18.3 Å². The lowest BCUT2D eigenvalue weighted by molar-refractivity contribution is 0.0920. The molecule has 9 heteroatoms. The van der Waals surface area contributed by atoms with Gasteiger partial charge in [-0.15, -0.1) is 17.5 Å². The molecule has 2 aromatic rings. The van der Waals surface area contributed by atoms with Crippen molar-refractivity contribution < 1.29 is 14.3 Å². The van der Waals surface area contributed by atoms with E-state index in [0.29, 0.717) is 24.9 Å². The van der Waals surface area contributed by atoms with Crippen molar-refractivity contribution in [3.05, 3.63) is 35.7 Å². The molecule has 1 saturated heterocycles. The number of halogens is 1. The van der Waals surface area contributed by atoms with Crippen molar-refractivity contribution in [1.29, 1.82) is 0 Å². The molecule has 1 aromatic heterocycles. The summed E-state index contributed by atoms with van der Waals surface area (Å²) in [5, 5.41) is 14.7. The molecule has 29 heavy (non-hydrogen) atoms. The van der Waals surface area contributed by atoms with E-state index in [0.717, 1.165) is 43.0 Å². The molecule has 1 aromatic carbocycles. The molecule has 1 amide bonds. The summed E-state index contributed by atoms with van der Waals surface area (Å²) in [4.78, 5) is 12.8. The molecule has 1 atom stereocenters. The molecule has 0 aliphatic carbocycles. The second-order valence-corrected chi connectivity index (χ2v) is 7.66. The van der Waals surface area contributed by atoms with Crippen molar-refractivity contribution in [3.8, 4) is 11.5 Å². The van der Waals surface area contributed by atoms with Gasteiger partial charge in [0, 0.05) is 0 Å². The first kappa shape index (κ1) is 21.4. The summed E-state index contributed by atoms with van der Waals surface area (Å²) in [5.41, 5.74) is 1.33. The normalized spacial score (nSPS) is 17.5. The minimum atomic E-state index is -0.214. The van der Waals surface area contributed by atoms with Crippen molar-refractivity contribution in [3.63, 3.8) is 0 Å². The Morgan fingerprint density at radius 1 is 1.21 bits per heavy atom. The molecular formula is C20H28ClN5O3. The lowest BCUT2D eigenvalue weighted by atomic mass is 9.95. The Morgan fingerprint density at radius 3 is 2.66 bits per heavy atom. The molecule has 0 bridgehead atoms. The van der Waals surface area contributed by atoms with Crippen LogP contribution < -0.4 is 20.1 Å². The summed E-state index contributed by atoms with van der Waals surface area (Å²) in [6.07, 6.45) is 3.75. The van der Waals surface area contributed by atoms with Crippen LogP contribution >= 0.6 is 12.4 Å². The second kappa shape index (κ2) is 9.45. The monoisotopic (exact) mass is 421 g/mol. The summed E-state index contributed by atoms with van der Waals surface area (Å²) in [6.45, 7) is 7.18. The van der Waals surface area contributed by atoms with Crippen LogP contribution in [-0.2, 0) is 0 Å². The fourth-order valence-corrected chi connectivity index (χ4v) is 3.73. The van der Waals surface area contributed by atoms with Gasteiger partial charge in [-0.05, 0) is 49.5 Å². The van der Waals surface area contributed by atoms with Crippen molar-refractivity contribution in [1.82, 2.24) is 25.6 Å². The van der Waals surface area contributed by atoms with Gasteiger partial charge in [-0.2, -0.15) is 0 Å². The molecular weight excluding hydrogens is 394 g/mol. The molecule has 0 spiro atoms. The molecule has 4 rings (SSSR count). The summed E-state index contributed by atoms with van der Waals surface area (Å²) in [7, 11) is 0. The molecule has 0 radical (unpaired) electrons. The first-order valence-electron chi connectivity index (χ1n) is 9.95. The van der Waals surface area contributed by atoms with Gasteiger partial charge in [-0.1, -0.05) is 25.1 Å². The Bertz CT molecular complexity index is 835. The number of hydrogen-bond acceptors (Lipinski definition) is 6. The number of ether oxygens (including phenoxy) is 2. The summed E-state index contributed by atoms with van der Waals surface area (Å²) in [5.74, 6) is 1.45. The number of carbonyl (C=O) groups excluding carboxylic acids is 1. The number of nitrogens with one attached hydrogen (secondary N) is 2. The third kappa shape index (κ3) is 4.82. The van der Waals surface area contributed by atoms with Gasteiger partial charge in [-0.3, -0.25) is 4.79 Å². The molecule has 3 heterocycles. The minimum absolute atomic E-state index is 0. The zero-order valence-electron chi connectivity index (χ0n) is 16.8. The van der Waals surface area contributed by atoms with E-state index in [2.05, 4.69) is 34.8 Å². The quantitative estimate of drug-likeness (QED) is 0.771. The second-order valence-electron chi connectivity index (χ2n) is 7.66. The Morgan fingerprint density at radius 2 is 1.93 bits per heavy atom. The van der Waals surface area contributed by atoms with Gasteiger partial charge >= 0.3 is 0 Å². The molecule has 8 nitrogen and oxygen atoms in total. The van der Waals surface area contributed by atoms with Crippen LogP contribution in [-0.4, -0.2) is 47.2 Å². The van der Waals surface area contributed by atoms with E-state index in [9.17, 15) is 4.79 Å². The van der Waals surface area contributed by atoms with E-state index in [1.165, 1.54) is 0 Å². The average molecular weight is 422 g/mol. The SMILES string of the molecule is CC(C)C(NC(=O)c1cn(C2CCNCC2)nn1)c1ccc2c(c1)OCCO2.Cl. The minimum Gasteiger partial charge on any atom is -0.486 e. The van der Waals surface area contributed by atoms with Crippen molar-refractivity contribution >= 4 is 18.3 Å². The van der Waals surface area contributed by atoms with E-state index in [1.807, 2.05) is 22.9 Å². The van der Waals surface area contributed by atoms with Crippen LogP contribution in [0.2, 0.25) is 0 Å². The smallest absolute Gasteiger partial charge is 0.273 e. The highest BCUT2D eigenvalue weighted by molar-refractivity contribution is 5.92. The number of hydrogen-bond donors (Lipinski definition) is 2. The van der Waals surface area contributed by atoms with Crippen molar-refractivity contribution in [2.75, 3.05) is 26.3 Å². The molecule has 2 aliphatic heterocycles. The summed E-state index contributed by atoms with van der Waals surface area (Å²) in [6, 6.07) is 5.97. The molecule has 158 valence electrons. The number of piperidine rings is 1. The van der Waals surface area contributed by atoms with Crippen LogP contribution in [0.15, 0.2) is 24.4 Å². The Kier molecular flexibility index (Phi) is 6.97. The largest absolute Gasteiger partial charge is 0.486 e. The van der Waals surface area contributed by atoms with Crippen LogP contribution in [0.5, 0.6) is 11.5 Å². The number of rotatable bonds is 5. The van der Waals surface area contributed by atoms with Gasteiger partial charge in [-0.25, -0.2) is 4.68 Å².